The molecule has 0 bridgehead atoms. The van der Waals surface area contributed by atoms with Crippen molar-refractivity contribution in [2.45, 2.75) is 52.9 Å². The Morgan fingerprint density at radius 2 is 1.89 bits per heavy atom. The van der Waals surface area contributed by atoms with Crippen LogP contribution in [0.5, 0.6) is 0 Å². The molecule has 19 heavy (non-hydrogen) atoms. The molecule has 0 unspecified atom stereocenters. The van der Waals surface area contributed by atoms with E-state index in [1.165, 1.54) is 16.2 Å². The molecule has 0 atom stereocenters. The molecule has 1 aromatic heterocycles. The minimum atomic E-state index is -0.0790. The van der Waals surface area contributed by atoms with Crippen molar-refractivity contribution in [3.63, 3.8) is 0 Å². The molecule has 0 spiro atoms. The Labute approximate surface area is 121 Å². The monoisotopic (exact) mass is 285 g/mol. The normalized spacial score (nSPS) is 12.0. The van der Waals surface area contributed by atoms with E-state index in [4.69, 9.17) is 9.47 Å². The second-order valence-corrected chi connectivity index (χ2v) is 6.81. The van der Waals surface area contributed by atoms with Crippen LogP contribution in [-0.2, 0) is 22.6 Å². The van der Waals surface area contributed by atoms with E-state index in [0.717, 1.165) is 13.1 Å². The van der Waals surface area contributed by atoms with Crippen molar-refractivity contribution in [2.75, 3.05) is 19.8 Å². The summed E-state index contributed by atoms with van der Waals surface area (Å²) < 4.78 is 11.2. The van der Waals surface area contributed by atoms with Crippen LogP contribution < -0.4 is 5.32 Å². The van der Waals surface area contributed by atoms with Gasteiger partial charge in [0.15, 0.2) is 0 Å². The lowest BCUT2D eigenvalue weighted by Crippen LogP contribution is -2.21. The first-order valence-corrected chi connectivity index (χ1v) is 7.83. The number of thiophene rings is 1. The van der Waals surface area contributed by atoms with Gasteiger partial charge in [-0.15, -0.1) is 11.3 Å². The first kappa shape index (κ1) is 16.6. The SMILES string of the molecule is CCCNCc1ccc(COCCOC(C)(C)C)s1. The lowest BCUT2D eigenvalue weighted by molar-refractivity contribution is -0.0373. The van der Waals surface area contributed by atoms with Crippen LogP contribution >= 0.6 is 11.3 Å². The highest BCUT2D eigenvalue weighted by atomic mass is 32.1. The molecule has 0 aromatic carbocycles. The van der Waals surface area contributed by atoms with Crippen molar-refractivity contribution in [1.82, 2.24) is 5.32 Å². The van der Waals surface area contributed by atoms with E-state index in [-0.39, 0.29) is 5.60 Å². The molecule has 1 aromatic rings. The quantitative estimate of drug-likeness (QED) is 0.704. The topological polar surface area (TPSA) is 30.5 Å². The molecule has 1 heterocycles. The fourth-order valence-corrected chi connectivity index (χ4v) is 2.49. The van der Waals surface area contributed by atoms with Gasteiger partial charge in [-0.2, -0.15) is 0 Å². The maximum Gasteiger partial charge on any atom is 0.0810 e. The summed E-state index contributed by atoms with van der Waals surface area (Å²) in [7, 11) is 0. The molecule has 1 N–H and O–H groups in total. The third kappa shape index (κ3) is 8.37. The molecule has 4 heteroatoms. The van der Waals surface area contributed by atoms with E-state index in [0.29, 0.717) is 19.8 Å². The zero-order chi connectivity index (χ0) is 14.1. The Hall–Kier alpha value is -0.420. The first-order valence-electron chi connectivity index (χ1n) is 7.01. The van der Waals surface area contributed by atoms with Gasteiger partial charge in [-0.1, -0.05) is 6.92 Å². The average Bonchev–Trinajstić information content (AvgIpc) is 2.75. The number of nitrogens with one attached hydrogen (secondary N) is 1. The predicted molar refractivity (Wildman–Crippen MR) is 81.7 cm³/mol. The van der Waals surface area contributed by atoms with Crippen LogP contribution in [0.2, 0.25) is 0 Å². The van der Waals surface area contributed by atoms with Crippen LogP contribution in [0.4, 0.5) is 0 Å². The number of hydrogen-bond acceptors (Lipinski definition) is 4. The Balaban J connectivity index is 2.12. The Kier molecular flexibility index (Phi) is 7.61. The molecule has 0 saturated carbocycles. The highest BCUT2D eigenvalue weighted by Crippen LogP contribution is 2.17. The third-order valence-corrected chi connectivity index (χ3v) is 3.51. The number of ether oxygens (including phenoxy) is 2. The van der Waals surface area contributed by atoms with Crippen LogP contribution in [0.1, 0.15) is 43.9 Å². The van der Waals surface area contributed by atoms with Crippen LogP contribution in [0, 0.1) is 0 Å². The number of hydrogen-bond donors (Lipinski definition) is 1. The van der Waals surface area contributed by atoms with Crippen LogP contribution in [0.25, 0.3) is 0 Å². The van der Waals surface area contributed by atoms with Crippen molar-refractivity contribution < 1.29 is 9.47 Å². The van der Waals surface area contributed by atoms with Gasteiger partial charge >= 0.3 is 0 Å². The summed E-state index contributed by atoms with van der Waals surface area (Å²) in [6.07, 6.45) is 1.18. The molecular weight excluding hydrogens is 258 g/mol. The van der Waals surface area contributed by atoms with Crippen molar-refractivity contribution in [2.24, 2.45) is 0 Å². The van der Waals surface area contributed by atoms with Gasteiger partial charge in [0.1, 0.15) is 0 Å². The van der Waals surface area contributed by atoms with Crippen molar-refractivity contribution >= 4 is 11.3 Å². The molecule has 0 aliphatic carbocycles. The molecular formula is C15H27NO2S. The summed E-state index contributed by atoms with van der Waals surface area (Å²) in [6.45, 7) is 12.4. The molecule has 0 amide bonds. The zero-order valence-electron chi connectivity index (χ0n) is 12.6. The van der Waals surface area contributed by atoms with E-state index in [9.17, 15) is 0 Å². The van der Waals surface area contributed by atoms with Gasteiger partial charge in [-0.25, -0.2) is 0 Å². The summed E-state index contributed by atoms with van der Waals surface area (Å²) >= 11 is 1.82. The summed E-state index contributed by atoms with van der Waals surface area (Å²) in [5.41, 5.74) is -0.0790. The lowest BCUT2D eigenvalue weighted by atomic mass is 10.2. The van der Waals surface area contributed by atoms with Gasteiger partial charge in [0.05, 0.1) is 25.4 Å². The van der Waals surface area contributed by atoms with Gasteiger partial charge in [-0.05, 0) is 45.9 Å². The van der Waals surface area contributed by atoms with E-state index in [2.05, 4.69) is 45.1 Å². The minimum Gasteiger partial charge on any atom is -0.374 e. The summed E-state index contributed by atoms with van der Waals surface area (Å²) in [6, 6.07) is 4.33. The second kappa shape index (κ2) is 8.69. The highest BCUT2D eigenvalue weighted by molar-refractivity contribution is 7.11. The summed E-state index contributed by atoms with van der Waals surface area (Å²) in [5, 5.41) is 3.41. The average molecular weight is 285 g/mol. The highest BCUT2D eigenvalue weighted by Gasteiger charge is 2.09. The Bertz CT molecular complexity index is 344. The van der Waals surface area contributed by atoms with Gasteiger partial charge in [0.2, 0.25) is 0 Å². The third-order valence-electron chi connectivity index (χ3n) is 2.45. The summed E-state index contributed by atoms with van der Waals surface area (Å²) in [5.74, 6) is 0. The van der Waals surface area contributed by atoms with Gasteiger partial charge in [0.25, 0.3) is 0 Å². The molecule has 0 aliphatic rings. The fourth-order valence-electron chi connectivity index (χ4n) is 1.56. The van der Waals surface area contributed by atoms with Crippen LogP contribution in [0.3, 0.4) is 0 Å². The van der Waals surface area contributed by atoms with E-state index < -0.39 is 0 Å². The maximum absolute atomic E-state index is 5.62. The van der Waals surface area contributed by atoms with Crippen LogP contribution in [0.15, 0.2) is 12.1 Å². The van der Waals surface area contributed by atoms with Crippen molar-refractivity contribution in [3.8, 4) is 0 Å². The largest absolute Gasteiger partial charge is 0.374 e. The van der Waals surface area contributed by atoms with Crippen molar-refractivity contribution in [1.29, 1.82) is 0 Å². The second-order valence-electron chi connectivity index (χ2n) is 5.56. The van der Waals surface area contributed by atoms with Crippen LogP contribution in [-0.4, -0.2) is 25.4 Å². The predicted octanol–water partition coefficient (Wildman–Crippen LogP) is 3.58. The number of rotatable bonds is 9. The Morgan fingerprint density at radius 1 is 1.16 bits per heavy atom. The smallest absolute Gasteiger partial charge is 0.0810 e. The first-order chi connectivity index (χ1) is 9.01. The van der Waals surface area contributed by atoms with Gasteiger partial charge < -0.3 is 14.8 Å². The van der Waals surface area contributed by atoms with E-state index >= 15 is 0 Å². The zero-order valence-corrected chi connectivity index (χ0v) is 13.4. The molecule has 3 nitrogen and oxygen atoms in total. The standard InChI is InChI=1S/C15H27NO2S/c1-5-8-16-11-13-6-7-14(19-13)12-17-9-10-18-15(2,3)4/h6-7,16H,5,8-12H2,1-4H3. The maximum atomic E-state index is 5.62. The van der Waals surface area contributed by atoms with Gasteiger partial charge in [0, 0.05) is 16.3 Å². The molecule has 0 fully saturated rings. The Morgan fingerprint density at radius 3 is 2.58 bits per heavy atom. The molecule has 0 radical (unpaired) electrons. The lowest BCUT2D eigenvalue weighted by Gasteiger charge is -2.19. The van der Waals surface area contributed by atoms with Crippen molar-refractivity contribution in [3.05, 3.63) is 21.9 Å². The van der Waals surface area contributed by atoms with E-state index in [1.807, 2.05) is 11.3 Å². The van der Waals surface area contributed by atoms with E-state index in [1.54, 1.807) is 0 Å². The minimum absolute atomic E-state index is 0.0790. The molecule has 0 aliphatic heterocycles. The molecule has 0 saturated heterocycles. The molecule has 110 valence electrons. The van der Waals surface area contributed by atoms with Gasteiger partial charge in [-0.3, -0.25) is 0 Å². The fraction of sp³-hybridized carbons (Fsp3) is 0.733. The summed E-state index contributed by atoms with van der Waals surface area (Å²) in [4.78, 5) is 2.65. The molecule has 1 rings (SSSR count).